The lowest BCUT2D eigenvalue weighted by molar-refractivity contribution is -0.115. The van der Waals surface area contributed by atoms with Gasteiger partial charge in [-0.1, -0.05) is 43.3 Å². The van der Waals surface area contributed by atoms with Crippen LogP contribution in [-0.2, 0) is 4.79 Å². The van der Waals surface area contributed by atoms with Gasteiger partial charge in [-0.25, -0.2) is 4.79 Å². The van der Waals surface area contributed by atoms with Crippen molar-refractivity contribution in [3.05, 3.63) is 59.7 Å². The van der Waals surface area contributed by atoms with Crippen molar-refractivity contribution in [2.75, 3.05) is 17.2 Å². The van der Waals surface area contributed by atoms with Gasteiger partial charge in [0.05, 0.1) is 6.04 Å². The zero-order valence-electron chi connectivity index (χ0n) is 15.3. The molecule has 1 atom stereocenters. The minimum Gasteiger partial charge on any atom is -0.326 e. The van der Waals surface area contributed by atoms with Crippen LogP contribution in [0.1, 0.15) is 43.4 Å². The van der Waals surface area contributed by atoms with Gasteiger partial charge in [0.2, 0.25) is 5.91 Å². The van der Waals surface area contributed by atoms with Gasteiger partial charge in [-0.3, -0.25) is 4.79 Å². The van der Waals surface area contributed by atoms with E-state index in [-0.39, 0.29) is 18.0 Å². The quantitative estimate of drug-likeness (QED) is 0.838. The summed E-state index contributed by atoms with van der Waals surface area (Å²) in [5.41, 5.74) is 3.55. The Hall–Kier alpha value is -2.82. The third-order valence-electron chi connectivity index (χ3n) is 4.78. The summed E-state index contributed by atoms with van der Waals surface area (Å²) in [7, 11) is 0. The van der Waals surface area contributed by atoms with Crippen LogP contribution in [0.15, 0.2) is 48.5 Å². The van der Waals surface area contributed by atoms with Gasteiger partial charge >= 0.3 is 6.03 Å². The average molecular weight is 351 g/mol. The van der Waals surface area contributed by atoms with Gasteiger partial charge in [-0.05, 0) is 43.0 Å². The predicted octanol–water partition coefficient (Wildman–Crippen LogP) is 4.71. The van der Waals surface area contributed by atoms with Gasteiger partial charge in [0.15, 0.2) is 0 Å². The van der Waals surface area contributed by atoms with Crippen LogP contribution in [0.5, 0.6) is 0 Å². The lowest BCUT2D eigenvalue weighted by Gasteiger charge is -2.26. The molecular formula is C21H25N3O2. The second-order valence-electron chi connectivity index (χ2n) is 6.62. The normalized spacial score (nSPS) is 16.4. The molecule has 26 heavy (non-hydrogen) atoms. The van der Waals surface area contributed by atoms with Crippen molar-refractivity contribution in [1.82, 2.24) is 4.90 Å². The maximum absolute atomic E-state index is 12.9. The lowest BCUT2D eigenvalue weighted by atomic mass is 10.1. The summed E-state index contributed by atoms with van der Waals surface area (Å²) in [6, 6.07) is 15.7. The molecule has 0 aliphatic carbocycles. The van der Waals surface area contributed by atoms with E-state index in [1.807, 2.05) is 55.1 Å². The molecule has 3 rings (SSSR count). The fourth-order valence-corrected chi connectivity index (χ4v) is 3.30. The summed E-state index contributed by atoms with van der Waals surface area (Å²) in [5.74, 6) is -0.0465. The van der Waals surface area contributed by atoms with E-state index in [0.717, 1.165) is 30.6 Å². The van der Waals surface area contributed by atoms with E-state index in [4.69, 9.17) is 0 Å². The maximum Gasteiger partial charge on any atom is 0.322 e. The largest absolute Gasteiger partial charge is 0.326 e. The monoisotopic (exact) mass is 351 g/mol. The minimum atomic E-state index is -0.0987. The Morgan fingerprint density at radius 1 is 1.12 bits per heavy atom. The highest BCUT2D eigenvalue weighted by Gasteiger charge is 2.30. The number of hydrogen-bond acceptors (Lipinski definition) is 2. The first-order valence-electron chi connectivity index (χ1n) is 9.11. The molecule has 0 radical (unpaired) electrons. The number of carbonyl (C=O) groups excluding carboxylic acids is 2. The van der Waals surface area contributed by atoms with Crippen LogP contribution in [0.3, 0.4) is 0 Å². The van der Waals surface area contributed by atoms with Crippen LogP contribution in [0, 0.1) is 6.92 Å². The summed E-state index contributed by atoms with van der Waals surface area (Å²) < 4.78 is 0. The van der Waals surface area contributed by atoms with Gasteiger partial charge < -0.3 is 15.5 Å². The third kappa shape index (κ3) is 4.04. The Bertz CT molecular complexity index is 789. The summed E-state index contributed by atoms with van der Waals surface area (Å²) in [4.78, 5) is 26.4. The Labute approximate surface area is 154 Å². The number of nitrogens with zero attached hydrogens (tertiary/aromatic N) is 1. The topological polar surface area (TPSA) is 61.4 Å². The molecule has 1 fully saturated rings. The van der Waals surface area contributed by atoms with E-state index in [1.54, 1.807) is 0 Å². The summed E-state index contributed by atoms with van der Waals surface area (Å²) in [6.07, 6.45) is 2.39. The van der Waals surface area contributed by atoms with Crippen LogP contribution in [-0.4, -0.2) is 23.4 Å². The number of rotatable bonds is 4. The Morgan fingerprint density at radius 2 is 1.88 bits per heavy atom. The standard InChI is InChI=1S/C21H25N3O2/c1-3-20(25)22-17-12-11-15(2)18(14-17)23-21(26)24-13-7-10-19(24)16-8-5-4-6-9-16/h4-6,8-9,11-12,14,19H,3,7,10,13H2,1-2H3,(H,22,25)(H,23,26). The number of urea groups is 1. The SMILES string of the molecule is CCC(=O)Nc1ccc(C)c(NC(=O)N2CCCC2c2ccccc2)c1. The molecule has 0 bridgehead atoms. The molecule has 2 aromatic carbocycles. The lowest BCUT2D eigenvalue weighted by Crippen LogP contribution is -2.34. The fourth-order valence-electron chi connectivity index (χ4n) is 3.30. The maximum atomic E-state index is 12.9. The average Bonchev–Trinajstić information content (AvgIpc) is 3.15. The van der Waals surface area contributed by atoms with Crippen molar-refractivity contribution in [3.8, 4) is 0 Å². The number of benzene rings is 2. The van der Waals surface area contributed by atoms with E-state index in [0.29, 0.717) is 12.1 Å². The molecule has 136 valence electrons. The number of hydrogen-bond donors (Lipinski definition) is 2. The van der Waals surface area contributed by atoms with Crippen LogP contribution in [0.4, 0.5) is 16.2 Å². The molecule has 1 aliphatic heterocycles. The predicted molar refractivity (Wildman–Crippen MR) is 104 cm³/mol. The van der Waals surface area contributed by atoms with Crippen LogP contribution in [0.25, 0.3) is 0 Å². The van der Waals surface area contributed by atoms with Crippen molar-refractivity contribution in [1.29, 1.82) is 0 Å². The fraction of sp³-hybridized carbons (Fsp3) is 0.333. The number of carbonyl (C=O) groups is 2. The van der Waals surface area contributed by atoms with Gasteiger partial charge in [0, 0.05) is 24.3 Å². The molecule has 2 N–H and O–H groups in total. The first kappa shape index (κ1) is 18.0. The van der Waals surface area contributed by atoms with Gasteiger partial charge in [-0.2, -0.15) is 0 Å². The van der Waals surface area contributed by atoms with Gasteiger partial charge in [0.1, 0.15) is 0 Å². The molecule has 1 aliphatic rings. The van der Waals surface area contributed by atoms with Crippen molar-refractivity contribution in [2.24, 2.45) is 0 Å². The zero-order valence-corrected chi connectivity index (χ0v) is 15.3. The molecule has 1 saturated heterocycles. The van der Waals surface area contributed by atoms with Gasteiger partial charge in [0.25, 0.3) is 0 Å². The first-order chi connectivity index (χ1) is 12.6. The first-order valence-corrected chi connectivity index (χ1v) is 9.11. The number of anilines is 2. The smallest absolute Gasteiger partial charge is 0.322 e. The van der Waals surface area contributed by atoms with Crippen molar-refractivity contribution < 1.29 is 9.59 Å². The highest BCUT2D eigenvalue weighted by molar-refractivity contribution is 5.94. The number of aryl methyl sites for hydroxylation is 1. The van der Waals surface area contributed by atoms with E-state index in [9.17, 15) is 9.59 Å². The molecular weight excluding hydrogens is 326 g/mol. The van der Waals surface area contributed by atoms with Crippen molar-refractivity contribution in [2.45, 2.75) is 39.2 Å². The van der Waals surface area contributed by atoms with Crippen LogP contribution >= 0.6 is 0 Å². The van der Waals surface area contributed by atoms with E-state index in [2.05, 4.69) is 22.8 Å². The molecule has 3 amide bonds. The third-order valence-corrected chi connectivity index (χ3v) is 4.78. The van der Waals surface area contributed by atoms with Crippen molar-refractivity contribution in [3.63, 3.8) is 0 Å². The summed E-state index contributed by atoms with van der Waals surface area (Å²) in [6.45, 7) is 4.50. The number of nitrogens with one attached hydrogen (secondary N) is 2. The van der Waals surface area contributed by atoms with E-state index in [1.165, 1.54) is 5.56 Å². The van der Waals surface area contributed by atoms with Crippen LogP contribution < -0.4 is 10.6 Å². The zero-order chi connectivity index (χ0) is 18.5. The molecule has 0 spiro atoms. The molecule has 0 saturated carbocycles. The highest BCUT2D eigenvalue weighted by Crippen LogP contribution is 2.32. The molecule has 5 nitrogen and oxygen atoms in total. The molecule has 2 aromatic rings. The molecule has 0 aromatic heterocycles. The van der Waals surface area contributed by atoms with Gasteiger partial charge in [-0.15, -0.1) is 0 Å². The number of amides is 3. The Morgan fingerprint density at radius 3 is 2.62 bits per heavy atom. The minimum absolute atomic E-state index is 0.0465. The van der Waals surface area contributed by atoms with E-state index >= 15 is 0 Å². The highest BCUT2D eigenvalue weighted by atomic mass is 16.2. The molecule has 1 unspecified atom stereocenters. The Kier molecular flexibility index (Phi) is 5.56. The van der Waals surface area contributed by atoms with E-state index < -0.39 is 0 Å². The Balaban J connectivity index is 1.75. The van der Waals surface area contributed by atoms with Crippen molar-refractivity contribution >= 4 is 23.3 Å². The molecule has 5 heteroatoms. The number of likely N-dealkylation sites (tertiary alicyclic amines) is 1. The molecule has 1 heterocycles. The summed E-state index contributed by atoms with van der Waals surface area (Å²) in [5, 5.41) is 5.85. The summed E-state index contributed by atoms with van der Waals surface area (Å²) >= 11 is 0. The second kappa shape index (κ2) is 8.04. The van der Waals surface area contributed by atoms with Crippen LogP contribution in [0.2, 0.25) is 0 Å². The second-order valence-corrected chi connectivity index (χ2v) is 6.62.